The summed E-state index contributed by atoms with van der Waals surface area (Å²) >= 11 is 0. The van der Waals surface area contributed by atoms with Crippen LogP contribution in [0.3, 0.4) is 0 Å². The van der Waals surface area contributed by atoms with Crippen LogP contribution in [0.1, 0.15) is 37.3 Å². The molecule has 232 valence electrons. The standard InChI is InChI=1S/C27H29F5N6O4S/c1-12-18(27(30,31)32)14(9-15(33)19(12)28)21-20(29)22-17-23(38-8-7-34-10-16(38)13(2)42-24(17)35-21)37-25(36-22)41-11-26(5-4-6-26)43(3,39)40/h9,13,16,34H,4-8,10-11,33H2,1-3H3/t13-,16-/m0/s1. The van der Waals surface area contributed by atoms with Crippen LogP contribution in [-0.4, -0.2) is 72.8 Å². The molecule has 16 heteroatoms. The first-order chi connectivity index (χ1) is 20.1. The Balaban J connectivity index is 1.60. The molecule has 1 aromatic carbocycles. The van der Waals surface area contributed by atoms with Gasteiger partial charge >= 0.3 is 12.2 Å². The average Bonchev–Trinajstić information content (AvgIpc) is 3.01. The van der Waals surface area contributed by atoms with Gasteiger partial charge in [0.25, 0.3) is 0 Å². The van der Waals surface area contributed by atoms with Gasteiger partial charge in [-0.05, 0) is 38.3 Å². The lowest BCUT2D eigenvalue weighted by Gasteiger charge is -2.39. The van der Waals surface area contributed by atoms with Crippen LogP contribution in [0.4, 0.5) is 33.5 Å². The molecule has 4 heterocycles. The summed E-state index contributed by atoms with van der Waals surface area (Å²) in [5, 5.41) is 3.27. The first-order valence-electron chi connectivity index (χ1n) is 13.7. The minimum Gasteiger partial charge on any atom is -0.472 e. The van der Waals surface area contributed by atoms with Crippen molar-refractivity contribution >= 4 is 32.2 Å². The minimum absolute atomic E-state index is 0.0201. The number of anilines is 2. The van der Waals surface area contributed by atoms with Gasteiger partial charge in [-0.1, -0.05) is 6.42 Å². The molecule has 2 fully saturated rings. The number of alkyl halides is 3. The highest BCUT2D eigenvalue weighted by atomic mass is 32.2. The van der Waals surface area contributed by atoms with Crippen LogP contribution in [0.25, 0.3) is 22.2 Å². The lowest BCUT2D eigenvalue weighted by atomic mass is 9.85. The molecule has 3 aromatic rings. The van der Waals surface area contributed by atoms with Crippen LogP contribution in [0.15, 0.2) is 6.07 Å². The second-order valence-electron chi connectivity index (χ2n) is 11.3. The molecule has 0 unspecified atom stereocenters. The Hall–Kier alpha value is -3.53. The van der Waals surface area contributed by atoms with E-state index in [2.05, 4.69) is 20.3 Å². The Kier molecular flexibility index (Phi) is 6.87. The van der Waals surface area contributed by atoms with E-state index in [9.17, 15) is 26.0 Å². The Morgan fingerprint density at radius 2 is 1.93 bits per heavy atom. The number of nitrogen functional groups attached to an aromatic ring is 1. The second kappa shape index (κ2) is 10.0. The first kappa shape index (κ1) is 29.5. The number of fused-ring (bicyclic) bond motifs is 2. The van der Waals surface area contributed by atoms with E-state index in [1.807, 2.05) is 4.90 Å². The molecule has 0 spiro atoms. The van der Waals surface area contributed by atoms with Crippen molar-refractivity contribution in [3.63, 3.8) is 0 Å². The average molecular weight is 629 g/mol. The van der Waals surface area contributed by atoms with Crippen molar-refractivity contribution in [1.82, 2.24) is 20.3 Å². The van der Waals surface area contributed by atoms with E-state index >= 15 is 4.39 Å². The predicted molar refractivity (Wildman–Crippen MR) is 148 cm³/mol. The van der Waals surface area contributed by atoms with Crippen LogP contribution in [0.5, 0.6) is 11.9 Å². The van der Waals surface area contributed by atoms with E-state index in [4.69, 9.17) is 15.2 Å². The van der Waals surface area contributed by atoms with Crippen LogP contribution >= 0.6 is 0 Å². The van der Waals surface area contributed by atoms with E-state index < -0.39 is 72.1 Å². The number of halogens is 5. The maximum atomic E-state index is 16.5. The van der Waals surface area contributed by atoms with Crippen molar-refractivity contribution in [1.29, 1.82) is 0 Å². The summed E-state index contributed by atoms with van der Waals surface area (Å²) in [6.45, 7) is 3.79. The normalized spacial score (nSPS) is 21.5. The zero-order valence-electron chi connectivity index (χ0n) is 23.5. The number of aromatic nitrogens is 3. The van der Waals surface area contributed by atoms with Gasteiger partial charge in [0.2, 0.25) is 5.88 Å². The largest absolute Gasteiger partial charge is 0.472 e. The fourth-order valence-corrected chi connectivity index (χ4v) is 7.37. The second-order valence-corrected chi connectivity index (χ2v) is 13.8. The molecule has 2 atom stereocenters. The van der Waals surface area contributed by atoms with Gasteiger partial charge in [-0.3, -0.25) is 0 Å². The SMILES string of the molecule is Cc1c(F)c(N)cc(-c2nc3c4c(nc(OCC5(S(C)(=O)=O)CCC5)nc4c2F)N2CCNC[C@H]2[C@H](C)O3)c1C(F)(F)F. The highest BCUT2D eigenvalue weighted by molar-refractivity contribution is 7.92. The molecule has 3 N–H and O–H groups in total. The molecule has 0 bridgehead atoms. The quantitative estimate of drug-likeness (QED) is 0.318. The summed E-state index contributed by atoms with van der Waals surface area (Å²) < 4.78 is 110. The van der Waals surface area contributed by atoms with Gasteiger partial charge in [-0.2, -0.15) is 23.1 Å². The molecule has 1 aliphatic carbocycles. The number of nitrogens with zero attached hydrogens (tertiary/aromatic N) is 4. The smallest absolute Gasteiger partial charge is 0.417 e. The van der Waals surface area contributed by atoms with E-state index in [1.165, 1.54) is 0 Å². The van der Waals surface area contributed by atoms with E-state index in [0.29, 0.717) is 45.0 Å². The third-order valence-corrected chi connectivity index (χ3v) is 10.8. The van der Waals surface area contributed by atoms with Gasteiger partial charge in [0.05, 0.1) is 17.3 Å². The van der Waals surface area contributed by atoms with Gasteiger partial charge in [0, 0.05) is 31.5 Å². The topological polar surface area (TPSA) is 133 Å². The summed E-state index contributed by atoms with van der Waals surface area (Å²) in [6, 6.07) is 0.00924. The van der Waals surface area contributed by atoms with Gasteiger partial charge in [0.1, 0.15) is 45.7 Å². The molecule has 2 aromatic heterocycles. The Morgan fingerprint density at radius 3 is 2.56 bits per heavy atom. The summed E-state index contributed by atoms with van der Waals surface area (Å²) in [4.78, 5) is 14.8. The van der Waals surface area contributed by atoms with Crippen LogP contribution < -0.4 is 25.4 Å². The van der Waals surface area contributed by atoms with Gasteiger partial charge in [0.15, 0.2) is 15.7 Å². The highest BCUT2D eigenvalue weighted by Gasteiger charge is 2.48. The Morgan fingerprint density at radius 1 is 1.21 bits per heavy atom. The number of ether oxygens (including phenoxy) is 2. The molecular formula is C27H29F5N6O4S. The molecular weight excluding hydrogens is 599 g/mol. The zero-order chi connectivity index (χ0) is 31.1. The Bertz CT molecular complexity index is 1750. The fourth-order valence-electron chi connectivity index (χ4n) is 6.06. The van der Waals surface area contributed by atoms with Crippen molar-refractivity contribution in [3.05, 3.63) is 28.8 Å². The number of benzene rings is 1. The number of nitrogens with one attached hydrogen (secondary N) is 1. The van der Waals surface area contributed by atoms with Crippen molar-refractivity contribution in [2.45, 2.75) is 56.2 Å². The maximum Gasteiger partial charge on any atom is 0.417 e. The third-order valence-electron chi connectivity index (χ3n) is 8.69. The van der Waals surface area contributed by atoms with E-state index in [1.54, 1.807) is 6.92 Å². The van der Waals surface area contributed by atoms with Crippen molar-refractivity contribution in [2.24, 2.45) is 0 Å². The van der Waals surface area contributed by atoms with Gasteiger partial charge in [-0.15, -0.1) is 0 Å². The number of hydrogen-bond acceptors (Lipinski definition) is 10. The molecule has 10 nitrogen and oxygen atoms in total. The molecule has 3 aliphatic rings. The fraction of sp³-hybridized carbons (Fsp3) is 0.519. The molecule has 1 saturated carbocycles. The van der Waals surface area contributed by atoms with Crippen LogP contribution in [-0.2, 0) is 16.0 Å². The van der Waals surface area contributed by atoms with E-state index in [-0.39, 0.29) is 35.7 Å². The highest BCUT2D eigenvalue weighted by Crippen LogP contribution is 2.46. The minimum atomic E-state index is -5.08. The first-order valence-corrected chi connectivity index (χ1v) is 15.6. The number of piperazine rings is 1. The van der Waals surface area contributed by atoms with Crippen LogP contribution in [0.2, 0.25) is 0 Å². The number of sulfone groups is 1. The zero-order valence-corrected chi connectivity index (χ0v) is 24.3. The number of rotatable bonds is 5. The summed E-state index contributed by atoms with van der Waals surface area (Å²) in [6.07, 6.45) is -3.11. The van der Waals surface area contributed by atoms with Crippen molar-refractivity contribution in [3.8, 4) is 23.1 Å². The van der Waals surface area contributed by atoms with Crippen LogP contribution in [0, 0.1) is 18.6 Å². The molecule has 2 aliphatic heterocycles. The Labute approximate surface area is 243 Å². The third kappa shape index (κ3) is 4.69. The molecule has 1 saturated heterocycles. The summed E-state index contributed by atoms with van der Waals surface area (Å²) in [5.74, 6) is -2.55. The number of nitrogens with two attached hydrogens (primary N) is 1. The summed E-state index contributed by atoms with van der Waals surface area (Å²) in [5.41, 5.74) is 0.797. The van der Waals surface area contributed by atoms with Crippen molar-refractivity contribution < 1.29 is 39.8 Å². The van der Waals surface area contributed by atoms with E-state index in [0.717, 1.165) is 13.2 Å². The molecule has 0 amide bonds. The maximum absolute atomic E-state index is 16.5. The molecule has 6 rings (SSSR count). The molecule has 43 heavy (non-hydrogen) atoms. The van der Waals surface area contributed by atoms with Gasteiger partial charge in [-0.25, -0.2) is 22.2 Å². The lowest BCUT2D eigenvalue weighted by molar-refractivity contribution is -0.137. The molecule has 0 radical (unpaired) electrons. The number of pyridine rings is 1. The summed E-state index contributed by atoms with van der Waals surface area (Å²) in [7, 11) is -3.52. The van der Waals surface area contributed by atoms with Crippen molar-refractivity contribution in [2.75, 3.05) is 43.1 Å². The monoisotopic (exact) mass is 628 g/mol. The number of hydrogen-bond donors (Lipinski definition) is 2. The predicted octanol–water partition coefficient (Wildman–Crippen LogP) is 3.78. The van der Waals surface area contributed by atoms with Gasteiger partial charge < -0.3 is 25.4 Å². The lowest BCUT2D eigenvalue weighted by Crippen LogP contribution is -2.56.